The summed E-state index contributed by atoms with van der Waals surface area (Å²) in [6.45, 7) is 2.00. The Kier molecular flexibility index (Phi) is 2.49. The molecule has 0 amide bonds. The highest BCUT2D eigenvalue weighted by Crippen LogP contribution is 2.14. The largest absolute Gasteiger partial charge is 0.396 e. The van der Waals surface area contributed by atoms with Gasteiger partial charge < -0.3 is 11.1 Å². The van der Waals surface area contributed by atoms with E-state index in [1.54, 1.807) is 18.6 Å². The van der Waals surface area contributed by atoms with Crippen LogP contribution in [0.25, 0.3) is 0 Å². The molecule has 0 saturated carbocycles. The molecule has 0 aliphatic heterocycles. The molecule has 78 valence electrons. The van der Waals surface area contributed by atoms with Crippen molar-refractivity contribution >= 4 is 11.6 Å². The zero-order chi connectivity index (χ0) is 10.7. The highest BCUT2D eigenvalue weighted by Gasteiger charge is 2.07. The molecule has 4 N–H and O–H groups in total. The van der Waals surface area contributed by atoms with E-state index >= 15 is 0 Å². The van der Waals surface area contributed by atoms with Gasteiger partial charge in [0.2, 0.25) is 5.95 Å². The smallest absolute Gasteiger partial charge is 0.223 e. The van der Waals surface area contributed by atoms with E-state index in [1.807, 2.05) is 13.1 Å². The fourth-order valence-corrected chi connectivity index (χ4v) is 1.19. The molecular formula is C9H12N6. The third-order valence-corrected chi connectivity index (χ3v) is 2.04. The zero-order valence-electron chi connectivity index (χ0n) is 8.31. The lowest BCUT2D eigenvalue weighted by Gasteiger charge is -2.11. The molecule has 0 saturated heterocycles. The first-order chi connectivity index (χ1) is 7.25. The molecule has 2 heterocycles. The number of aromatic nitrogens is 4. The van der Waals surface area contributed by atoms with Gasteiger partial charge in [0.15, 0.2) is 0 Å². The summed E-state index contributed by atoms with van der Waals surface area (Å²) in [4.78, 5) is 8.10. The summed E-state index contributed by atoms with van der Waals surface area (Å²) in [5.41, 5.74) is 7.09. The molecule has 0 aliphatic carbocycles. The van der Waals surface area contributed by atoms with E-state index in [2.05, 4.69) is 25.5 Å². The molecule has 2 aromatic rings. The minimum absolute atomic E-state index is 0.104. The molecule has 15 heavy (non-hydrogen) atoms. The van der Waals surface area contributed by atoms with Gasteiger partial charge in [-0.1, -0.05) is 0 Å². The van der Waals surface area contributed by atoms with Crippen molar-refractivity contribution in [3.8, 4) is 0 Å². The Bertz CT molecular complexity index is 407. The summed E-state index contributed by atoms with van der Waals surface area (Å²) in [7, 11) is 0. The number of nitrogens with one attached hydrogen (secondary N) is 2. The quantitative estimate of drug-likeness (QED) is 0.692. The molecule has 6 nitrogen and oxygen atoms in total. The lowest BCUT2D eigenvalue weighted by Crippen LogP contribution is -2.08. The van der Waals surface area contributed by atoms with Gasteiger partial charge in [-0.25, -0.2) is 9.97 Å². The van der Waals surface area contributed by atoms with Crippen molar-refractivity contribution in [1.29, 1.82) is 0 Å². The van der Waals surface area contributed by atoms with Crippen molar-refractivity contribution in [2.75, 3.05) is 11.1 Å². The van der Waals surface area contributed by atoms with E-state index in [9.17, 15) is 0 Å². The number of aromatic amines is 1. The predicted octanol–water partition coefficient (Wildman–Crippen LogP) is 0.955. The van der Waals surface area contributed by atoms with Gasteiger partial charge in [0.25, 0.3) is 0 Å². The van der Waals surface area contributed by atoms with Crippen molar-refractivity contribution in [2.24, 2.45) is 0 Å². The number of H-pyrrole nitrogens is 1. The summed E-state index contributed by atoms with van der Waals surface area (Å²) in [5, 5.41) is 9.76. The molecule has 1 unspecified atom stereocenters. The molecule has 2 rings (SSSR count). The highest BCUT2D eigenvalue weighted by molar-refractivity contribution is 5.37. The number of anilines is 2. The third kappa shape index (κ3) is 2.22. The number of hydrogen-bond donors (Lipinski definition) is 3. The summed E-state index contributed by atoms with van der Waals surface area (Å²) < 4.78 is 0. The van der Waals surface area contributed by atoms with Crippen LogP contribution in [-0.4, -0.2) is 20.2 Å². The maximum Gasteiger partial charge on any atom is 0.223 e. The molecular weight excluding hydrogens is 192 g/mol. The standard InChI is InChI=1S/C9H12N6/c1-6(7-2-13-14-3-7)15-9-11-4-8(10)5-12-9/h2-6H,10H2,1H3,(H,13,14)(H,11,12,15). The van der Waals surface area contributed by atoms with Gasteiger partial charge in [-0.3, -0.25) is 5.10 Å². The van der Waals surface area contributed by atoms with Crippen LogP contribution < -0.4 is 11.1 Å². The monoisotopic (exact) mass is 204 g/mol. The Morgan fingerprint density at radius 2 is 2.07 bits per heavy atom. The first kappa shape index (κ1) is 9.45. The summed E-state index contributed by atoms with van der Waals surface area (Å²) in [5.74, 6) is 0.554. The van der Waals surface area contributed by atoms with Crippen LogP contribution in [0, 0.1) is 0 Å². The fourth-order valence-electron chi connectivity index (χ4n) is 1.19. The van der Waals surface area contributed by atoms with Crippen LogP contribution >= 0.6 is 0 Å². The molecule has 0 aliphatic rings. The fraction of sp³-hybridized carbons (Fsp3) is 0.222. The van der Waals surface area contributed by atoms with E-state index in [1.165, 1.54) is 0 Å². The Balaban J connectivity index is 2.06. The van der Waals surface area contributed by atoms with Crippen molar-refractivity contribution in [3.05, 3.63) is 30.4 Å². The SMILES string of the molecule is CC(Nc1ncc(N)cn1)c1cn[nH]c1. The van der Waals surface area contributed by atoms with Gasteiger partial charge in [0, 0.05) is 11.8 Å². The predicted molar refractivity (Wildman–Crippen MR) is 57.1 cm³/mol. The van der Waals surface area contributed by atoms with E-state index in [0.29, 0.717) is 11.6 Å². The maximum absolute atomic E-state index is 5.48. The van der Waals surface area contributed by atoms with Crippen LogP contribution in [0.2, 0.25) is 0 Å². The minimum Gasteiger partial charge on any atom is -0.396 e. The van der Waals surface area contributed by atoms with Crippen LogP contribution in [-0.2, 0) is 0 Å². The van der Waals surface area contributed by atoms with E-state index in [0.717, 1.165) is 5.56 Å². The maximum atomic E-state index is 5.48. The molecule has 1 atom stereocenters. The normalized spacial score (nSPS) is 12.3. The van der Waals surface area contributed by atoms with Crippen molar-refractivity contribution in [2.45, 2.75) is 13.0 Å². The molecule has 0 aromatic carbocycles. The summed E-state index contributed by atoms with van der Waals surface area (Å²) in [6.07, 6.45) is 6.72. The summed E-state index contributed by atoms with van der Waals surface area (Å²) in [6, 6.07) is 0.104. The second kappa shape index (κ2) is 3.95. The van der Waals surface area contributed by atoms with Crippen LogP contribution in [0.5, 0.6) is 0 Å². The van der Waals surface area contributed by atoms with E-state index in [4.69, 9.17) is 5.73 Å². The topological polar surface area (TPSA) is 92.5 Å². The van der Waals surface area contributed by atoms with Crippen LogP contribution in [0.1, 0.15) is 18.5 Å². The molecule has 0 bridgehead atoms. The zero-order valence-corrected chi connectivity index (χ0v) is 8.31. The first-order valence-electron chi connectivity index (χ1n) is 4.58. The highest BCUT2D eigenvalue weighted by atomic mass is 15.1. The van der Waals surface area contributed by atoms with Crippen molar-refractivity contribution < 1.29 is 0 Å². The van der Waals surface area contributed by atoms with Crippen LogP contribution in [0.15, 0.2) is 24.8 Å². The average molecular weight is 204 g/mol. The number of hydrogen-bond acceptors (Lipinski definition) is 5. The van der Waals surface area contributed by atoms with Crippen LogP contribution in [0.3, 0.4) is 0 Å². The summed E-state index contributed by atoms with van der Waals surface area (Å²) >= 11 is 0. The Hall–Kier alpha value is -2.11. The number of nitrogens with two attached hydrogens (primary N) is 1. The van der Waals surface area contributed by atoms with Gasteiger partial charge in [0.1, 0.15) is 0 Å². The first-order valence-corrected chi connectivity index (χ1v) is 4.58. The van der Waals surface area contributed by atoms with Crippen molar-refractivity contribution in [1.82, 2.24) is 20.2 Å². The van der Waals surface area contributed by atoms with Crippen molar-refractivity contribution in [3.63, 3.8) is 0 Å². The number of nitrogen functional groups attached to an aromatic ring is 1. The van der Waals surface area contributed by atoms with Gasteiger partial charge in [-0.05, 0) is 6.92 Å². The van der Waals surface area contributed by atoms with E-state index < -0.39 is 0 Å². The number of rotatable bonds is 3. The molecule has 6 heteroatoms. The van der Waals surface area contributed by atoms with Gasteiger partial charge in [-0.15, -0.1) is 0 Å². The third-order valence-electron chi connectivity index (χ3n) is 2.04. The molecule has 0 fully saturated rings. The Labute approximate surface area is 86.9 Å². The van der Waals surface area contributed by atoms with Gasteiger partial charge >= 0.3 is 0 Å². The lowest BCUT2D eigenvalue weighted by molar-refractivity contribution is 0.862. The molecule has 0 radical (unpaired) electrons. The Morgan fingerprint density at radius 1 is 1.33 bits per heavy atom. The second-order valence-electron chi connectivity index (χ2n) is 3.24. The molecule has 2 aromatic heterocycles. The average Bonchev–Trinajstić information content (AvgIpc) is 2.74. The number of nitrogens with zero attached hydrogens (tertiary/aromatic N) is 3. The molecule has 0 spiro atoms. The van der Waals surface area contributed by atoms with Gasteiger partial charge in [0.05, 0.1) is 30.3 Å². The van der Waals surface area contributed by atoms with E-state index in [-0.39, 0.29) is 6.04 Å². The second-order valence-corrected chi connectivity index (χ2v) is 3.24. The van der Waals surface area contributed by atoms with Gasteiger partial charge in [-0.2, -0.15) is 5.10 Å². The minimum atomic E-state index is 0.104. The Morgan fingerprint density at radius 3 is 2.67 bits per heavy atom. The lowest BCUT2D eigenvalue weighted by atomic mass is 10.2. The van der Waals surface area contributed by atoms with Crippen LogP contribution in [0.4, 0.5) is 11.6 Å².